The molecule has 1 aromatic carbocycles. The number of hydrogen-bond acceptors (Lipinski definition) is 2. The van der Waals surface area contributed by atoms with Gasteiger partial charge in [-0.15, -0.1) is 0 Å². The van der Waals surface area contributed by atoms with Crippen molar-refractivity contribution < 1.29 is 4.74 Å². The Bertz CT molecular complexity index is 332. The van der Waals surface area contributed by atoms with Crippen LogP contribution in [0, 0.1) is 5.92 Å². The number of rotatable bonds is 7. The Labute approximate surface area is 111 Å². The molecule has 0 heterocycles. The first-order chi connectivity index (χ1) is 8.78. The summed E-state index contributed by atoms with van der Waals surface area (Å²) in [4.78, 5) is 0. The molecule has 18 heavy (non-hydrogen) atoms. The average molecular weight is 247 g/mol. The molecular formula is C16H25NO. The molecule has 1 fully saturated rings. The van der Waals surface area contributed by atoms with Crippen molar-refractivity contribution in [3.05, 3.63) is 35.9 Å². The molecule has 100 valence electrons. The van der Waals surface area contributed by atoms with Gasteiger partial charge >= 0.3 is 0 Å². The zero-order valence-electron chi connectivity index (χ0n) is 11.3. The van der Waals surface area contributed by atoms with Crippen LogP contribution in [0.4, 0.5) is 0 Å². The second-order valence-corrected chi connectivity index (χ2v) is 5.43. The largest absolute Gasteiger partial charge is 0.378 e. The van der Waals surface area contributed by atoms with Crippen LogP contribution in [-0.2, 0) is 11.2 Å². The molecule has 0 aliphatic heterocycles. The Morgan fingerprint density at radius 1 is 1.28 bits per heavy atom. The third kappa shape index (κ3) is 4.11. The molecule has 1 saturated carbocycles. The number of hydrogen-bond donors (Lipinski definition) is 1. The van der Waals surface area contributed by atoms with Gasteiger partial charge in [0, 0.05) is 12.6 Å². The predicted octanol–water partition coefficient (Wildman–Crippen LogP) is 3.15. The van der Waals surface area contributed by atoms with E-state index in [0.29, 0.717) is 12.1 Å². The van der Waals surface area contributed by atoms with Crippen LogP contribution < -0.4 is 5.73 Å². The van der Waals surface area contributed by atoms with Crippen LogP contribution in [0.15, 0.2) is 30.3 Å². The third-order valence-electron chi connectivity index (χ3n) is 3.88. The van der Waals surface area contributed by atoms with Gasteiger partial charge < -0.3 is 10.5 Å². The monoisotopic (exact) mass is 247 g/mol. The number of benzene rings is 1. The van der Waals surface area contributed by atoms with Crippen molar-refractivity contribution in [3.63, 3.8) is 0 Å². The smallest absolute Gasteiger partial charge is 0.0580 e. The normalized spacial score (nSPS) is 24.6. The van der Waals surface area contributed by atoms with Gasteiger partial charge in [-0.05, 0) is 50.5 Å². The molecule has 2 nitrogen and oxygen atoms in total. The second-order valence-electron chi connectivity index (χ2n) is 5.43. The summed E-state index contributed by atoms with van der Waals surface area (Å²) in [5, 5.41) is 0. The van der Waals surface area contributed by atoms with Gasteiger partial charge in [-0.25, -0.2) is 0 Å². The van der Waals surface area contributed by atoms with Crippen molar-refractivity contribution in [2.24, 2.45) is 11.7 Å². The first-order valence-corrected chi connectivity index (χ1v) is 7.19. The fraction of sp³-hybridized carbons (Fsp3) is 0.625. The minimum atomic E-state index is 0.345. The van der Waals surface area contributed by atoms with Gasteiger partial charge in [0.05, 0.1) is 6.10 Å². The molecule has 0 amide bonds. The van der Waals surface area contributed by atoms with E-state index in [1.807, 2.05) is 0 Å². The van der Waals surface area contributed by atoms with E-state index in [1.165, 1.54) is 18.4 Å². The summed E-state index contributed by atoms with van der Waals surface area (Å²) in [6, 6.07) is 11.0. The summed E-state index contributed by atoms with van der Waals surface area (Å²) >= 11 is 0. The highest BCUT2D eigenvalue weighted by molar-refractivity contribution is 5.14. The van der Waals surface area contributed by atoms with Crippen molar-refractivity contribution in [1.82, 2.24) is 0 Å². The van der Waals surface area contributed by atoms with E-state index in [4.69, 9.17) is 10.5 Å². The van der Waals surface area contributed by atoms with Crippen LogP contribution in [0.3, 0.4) is 0 Å². The average Bonchev–Trinajstić information content (AvgIpc) is 2.35. The minimum absolute atomic E-state index is 0.345. The Balaban J connectivity index is 1.60. The standard InChI is InChI=1S/C16H25NO/c1-2-18-16-11-14(12-16)10-15(17)9-8-13-6-4-3-5-7-13/h3-7,14-16H,2,8-12,17H2,1H3. The van der Waals surface area contributed by atoms with Crippen molar-refractivity contribution >= 4 is 0 Å². The van der Waals surface area contributed by atoms with Gasteiger partial charge in [0.15, 0.2) is 0 Å². The van der Waals surface area contributed by atoms with Gasteiger partial charge in [0.2, 0.25) is 0 Å². The van der Waals surface area contributed by atoms with E-state index in [-0.39, 0.29) is 0 Å². The maximum absolute atomic E-state index is 6.21. The summed E-state index contributed by atoms with van der Waals surface area (Å²) in [6.07, 6.45) is 6.31. The van der Waals surface area contributed by atoms with Gasteiger partial charge in [-0.1, -0.05) is 30.3 Å². The summed E-state index contributed by atoms with van der Waals surface area (Å²) in [5.74, 6) is 0.798. The third-order valence-corrected chi connectivity index (χ3v) is 3.88. The van der Waals surface area contributed by atoms with Crippen molar-refractivity contribution in [2.45, 2.75) is 51.2 Å². The lowest BCUT2D eigenvalue weighted by Crippen LogP contribution is -2.36. The topological polar surface area (TPSA) is 35.2 Å². The quantitative estimate of drug-likeness (QED) is 0.803. The molecule has 0 saturated heterocycles. The van der Waals surface area contributed by atoms with Crippen LogP contribution in [0.1, 0.15) is 38.2 Å². The lowest BCUT2D eigenvalue weighted by Gasteiger charge is -2.36. The SMILES string of the molecule is CCOC1CC(CC(N)CCc2ccccc2)C1. The zero-order valence-corrected chi connectivity index (χ0v) is 11.3. The highest BCUT2D eigenvalue weighted by atomic mass is 16.5. The lowest BCUT2D eigenvalue weighted by molar-refractivity contribution is -0.0282. The number of aryl methyl sites for hydroxylation is 1. The van der Waals surface area contributed by atoms with Gasteiger partial charge in [-0.3, -0.25) is 0 Å². The molecule has 0 bridgehead atoms. The lowest BCUT2D eigenvalue weighted by atomic mass is 9.77. The summed E-state index contributed by atoms with van der Waals surface area (Å²) in [6.45, 7) is 2.91. The zero-order chi connectivity index (χ0) is 12.8. The van der Waals surface area contributed by atoms with Gasteiger partial charge in [-0.2, -0.15) is 0 Å². The molecule has 0 aromatic heterocycles. The molecule has 2 N–H and O–H groups in total. The van der Waals surface area contributed by atoms with Crippen LogP contribution in [0.5, 0.6) is 0 Å². The van der Waals surface area contributed by atoms with E-state index in [2.05, 4.69) is 37.3 Å². The fourth-order valence-electron chi connectivity index (χ4n) is 2.78. The molecule has 1 aliphatic carbocycles. The molecule has 1 aromatic rings. The number of nitrogens with two attached hydrogens (primary N) is 1. The van der Waals surface area contributed by atoms with Gasteiger partial charge in [0.25, 0.3) is 0 Å². The van der Waals surface area contributed by atoms with E-state index < -0.39 is 0 Å². The van der Waals surface area contributed by atoms with Crippen molar-refractivity contribution in [3.8, 4) is 0 Å². The Morgan fingerprint density at radius 2 is 2.00 bits per heavy atom. The Hall–Kier alpha value is -0.860. The molecule has 1 unspecified atom stereocenters. The molecule has 1 aliphatic rings. The van der Waals surface area contributed by atoms with Crippen LogP contribution in [0.25, 0.3) is 0 Å². The molecule has 0 radical (unpaired) electrons. The van der Waals surface area contributed by atoms with E-state index in [0.717, 1.165) is 31.8 Å². The molecular weight excluding hydrogens is 222 g/mol. The first kappa shape index (κ1) is 13.6. The highest BCUT2D eigenvalue weighted by Crippen LogP contribution is 2.33. The molecule has 2 heteroatoms. The molecule has 0 spiro atoms. The fourth-order valence-corrected chi connectivity index (χ4v) is 2.78. The molecule has 1 atom stereocenters. The van der Waals surface area contributed by atoms with E-state index in [9.17, 15) is 0 Å². The van der Waals surface area contributed by atoms with Crippen LogP contribution >= 0.6 is 0 Å². The summed E-state index contributed by atoms with van der Waals surface area (Å²) < 4.78 is 5.58. The molecule has 2 rings (SSSR count). The van der Waals surface area contributed by atoms with Crippen LogP contribution in [0.2, 0.25) is 0 Å². The maximum atomic E-state index is 6.21. The van der Waals surface area contributed by atoms with E-state index >= 15 is 0 Å². The highest BCUT2D eigenvalue weighted by Gasteiger charge is 2.30. The number of ether oxygens (including phenoxy) is 1. The summed E-state index contributed by atoms with van der Waals surface area (Å²) in [5.41, 5.74) is 7.61. The van der Waals surface area contributed by atoms with Gasteiger partial charge in [0.1, 0.15) is 0 Å². The Morgan fingerprint density at radius 3 is 2.67 bits per heavy atom. The maximum Gasteiger partial charge on any atom is 0.0580 e. The first-order valence-electron chi connectivity index (χ1n) is 7.19. The van der Waals surface area contributed by atoms with Crippen molar-refractivity contribution in [1.29, 1.82) is 0 Å². The predicted molar refractivity (Wildman–Crippen MR) is 75.5 cm³/mol. The van der Waals surface area contributed by atoms with E-state index in [1.54, 1.807) is 0 Å². The minimum Gasteiger partial charge on any atom is -0.378 e. The summed E-state index contributed by atoms with van der Waals surface area (Å²) in [7, 11) is 0. The Kier molecular flexibility index (Phi) is 5.21. The van der Waals surface area contributed by atoms with Crippen molar-refractivity contribution in [2.75, 3.05) is 6.61 Å². The van der Waals surface area contributed by atoms with Crippen LogP contribution in [-0.4, -0.2) is 18.8 Å². The second kappa shape index (κ2) is 6.91.